The first-order valence-electron chi connectivity index (χ1n) is 23.5. The van der Waals surface area contributed by atoms with Crippen LogP contribution in [0.1, 0.15) is 83.7 Å². The van der Waals surface area contributed by atoms with Gasteiger partial charge in [0.1, 0.15) is 18.1 Å². The highest BCUT2D eigenvalue weighted by Gasteiger charge is 2.40. The first-order valence-corrected chi connectivity index (χ1v) is 23.5. The van der Waals surface area contributed by atoms with E-state index in [0.29, 0.717) is 38.8 Å². The van der Waals surface area contributed by atoms with E-state index in [4.69, 9.17) is 9.84 Å². The molecule has 5 heterocycles. The van der Waals surface area contributed by atoms with Crippen molar-refractivity contribution in [1.82, 2.24) is 44.8 Å². The Morgan fingerprint density at radius 2 is 1.79 bits per heavy atom. The Kier molecular flexibility index (Phi) is 14.3. The SMILES string of the molecule is C=CC(=O)N1CC[C@H](C(=O)N(C)[C@H](C(=O)N[C@H]2Cc3cccc(c3)-c3ccc4c(c3)c(c(-c3cnn(C)c3[C@H](C)N(C)C)n4CC)CC(C)(C)COC(=O)[C@@H]3CCCN(N3)C2=O)C(C)C)C1. The smallest absolute Gasteiger partial charge is 0.324 e. The predicted molar refractivity (Wildman–Crippen MR) is 256 cm³/mol. The van der Waals surface area contributed by atoms with Crippen molar-refractivity contribution in [1.29, 1.82) is 0 Å². The molecule has 0 unspecified atom stereocenters. The Labute approximate surface area is 389 Å². The molecule has 15 nitrogen and oxygen atoms in total. The topological polar surface area (TPSA) is 154 Å². The number of benzene rings is 2. The van der Waals surface area contributed by atoms with E-state index in [2.05, 4.69) is 98.9 Å². The first-order chi connectivity index (χ1) is 31.3. The largest absolute Gasteiger partial charge is 0.464 e. The van der Waals surface area contributed by atoms with E-state index >= 15 is 0 Å². The number of nitrogens with zero attached hydrogens (tertiary/aromatic N) is 7. The van der Waals surface area contributed by atoms with Gasteiger partial charge in [-0.15, -0.1) is 0 Å². The number of cyclic esters (lactones) is 1. The van der Waals surface area contributed by atoms with E-state index in [-0.39, 0.29) is 43.3 Å². The van der Waals surface area contributed by atoms with Gasteiger partial charge in [-0.1, -0.05) is 64.6 Å². The Hall–Kier alpha value is -5.80. The lowest BCUT2D eigenvalue weighted by Gasteiger charge is -2.37. The number of rotatable bonds is 10. The van der Waals surface area contributed by atoms with Gasteiger partial charge in [0.05, 0.1) is 30.1 Å². The molecule has 6 bridgehead atoms. The quantitative estimate of drug-likeness (QED) is 0.155. The molecule has 2 aromatic carbocycles. The molecule has 0 saturated carbocycles. The number of likely N-dealkylation sites (tertiary alicyclic amines) is 1. The lowest BCUT2D eigenvalue weighted by molar-refractivity contribution is -0.155. The van der Waals surface area contributed by atoms with Crippen molar-refractivity contribution < 1.29 is 28.7 Å². The van der Waals surface area contributed by atoms with Gasteiger partial charge in [-0.05, 0) is 100 Å². The molecule has 2 saturated heterocycles. The number of carbonyl (C=O) groups is 5. The van der Waals surface area contributed by atoms with Crippen LogP contribution in [0.3, 0.4) is 0 Å². The maximum absolute atomic E-state index is 14.7. The summed E-state index contributed by atoms with van der Waals surface area (Å²) in [5.74, 6) is -2.53. The van der Waals surface area contributed by atoms with Crippen molar-refractivity contribution in [2.45, 2.75) is 104 Å². The van der Waals surface area contributed by atoms with Crippen LogP contribution in [0.5, 0.6) is 0 Å². The molecule has 7 rings (SSSR count). The second-order valence-corrected chi connectivity index (χ2v) is 19.9. The van der Waals surface area contributed by atoms with Crippen LogP contribution in [0.15, 0.2) is 61.3 Å². The summed E-state index contributed by atoms with van der Waals surface area (Å²) in [6.45, 7) is 17.8. The number of ether oxygens (including phenoxy) is 1. The van der Waals surface area contributed by atoms with Gasteiger partial charge in [0.15, 0.2) is 0 Å². The first kappa shape index (κ1) is 48.1. The third-order valence-corrected chi connectivity index (χ3v) is 13.9. The van der Waals surface area contributed by atoms with Crippen LogP contribution in [0, 0.1) is 17.3 Å². The standard InChI is InChI=1S/C51H69N9O6/c1-12-43(61)58-23-21-36(29-58)48(63)56(10)44(31(3)4)47(62)53-41-25-33-16-14-17-34(24-33)35-19-20-42-37(26-35)38(46(59(42)13-2)39-28-52-57(11)45(39)32(5)55(8)9)27-51(6,7)30-66-50(65)40-18-15-22-60(54-40)49(41)64/h12,14,16-17,19-20,24,26,28,31-32,36,40-41,44,54H,1,13,15,18,21-23,25,27,29-30H2,2-11H3,(H,53,62)/t32-,36-,40-,41-,44-/m0/s1. The summed E-state index contributed by atoms with van der Waals surface area (Å²) in [5, 5.41) is 10.4. The zero-order valence-corrected chi connectivity index (χ0v) is 40.5. The fourth-order valence-corrected chi connectivity index (χ4v) is 10.2. The molecule has 4 aromatic rings. The molecule has 0 aliphatic carbocycles. The summed E-state index contributed by atoms with van der Waals surface area (Å²) < 4.78 is 10.5. The number of fused-ring (bicyclic) bond motifs is 6. The number of carbonyl (C=O) groups excluding carboxylic acids is 5. The van der Waals surface area contributed by atoms with Crippen LogP contribution >= 0.6 is 0 Å². The van der Waals surface area contributed by atoms with Gasteiger partial charge < -0.3 is 29.3 Å². The number of likely N-dealkylation sites (N-methyl/N-ethyl adjacent to an activating group) is 1. The van der Waals surface area contributed by atoms with Crippen LogP contribution < -0.4 is 10.7 Å². The second kappa shape index (κ2) is 19.6. The van der Waals surface area contributed by atoms with Gasteiger partial charge in [-0.3, -0.25) is 33.7 Å². The number of hydrogen-bond acceptors (Lipinski definition) is 9. The molecular formula is C51H69N9O6. The molecule has 4 amide bonds. The highest BCUT2D eigenvalue weighted by Crippen LogP contribution is 2.42. The monoisotopic (exact) mass is 904 g/mol. The molecule has 3 aliphatic rings. The normalized spacial score (nSPS) is 21.1. The number of aromatic nitrogens is 3. The minimum Gasteiger partial charge on any atom is -0.464 e. The van der Waals surface area contributed by atoms with Gasteiger partial charge >= 0.3 is 5.97 Å². The lowest BCUT2D eigenvalue weighted by atomic mass is 9.84. The highest BCUT2D eigenvalue weighted by molar-refractivity contribution is 5.96. The average Bonchev–Trinajstić information content (AvgIpc) is 4.02. The minimum absolute atomic E-state index is 0.0797. The summed E-state index contributed by atoms with van der Waals surface area (Å²) in [6, 6.07) is 12.0. The molecule has 3 aliphatic heterocycles. The predicted octanol–water partition coefficient (Wildman–Crippen LogP) is 5.52. The van der Waals surface area contributed by atoms with Crippen LogP contribution in [-0.2, 0) is 55.1 Å². The maximum Gasteiger partial charge on any atom is 0.324 e. The van der Waals surface area contributed by atoms with E-state index in [0.717, 1.165) is 56.7 Å². The van der Waals surface area contributed by atoms with E-state index in [1.165, 1.54) is 16.0 Å². The molecule has 354 valence electrons. The van der Waals surface area contributed by atoms with E-state index in [9.17, 15) is 24.0 Å². The zero-order chi connectivity index (χ0) is 47.8. The molecule has 2 aromatic heterocycles. The number of hydrogen-bond donors (Lipinski definition) is 2. The highest BCUT2D eigenvalue weighted by atomic mass is 16.5. The molecule has 0 spiro atoms. The maximum atomic E-state index is 14.7. The number of esters is 1. The van der Waals surface area contributed by atoms with Crippen LogP contribution in [0.2, 0.25) is 0 Å². The van der Waals surface area contributed by atoms with Crippen LogP contribution in [0.4, 0.5) is 0 Å². The lowest BCUT2D eigenvalue weighted by Crippen LogP contribution is -2.62. The number of aryl methyl sites for hydroxylation is 2. The van der Waals surface area contributed by atoms with Gasteiger partial charge in [-0.25, -0.2) is 5.43 Å². The van der Waals surface area contributed by atoms with Gasteiger partial charge in [0.2, 0.25) is 17.7 Å². The fourth-order valence-electron chi connectivity index (χ4n) is 10.2. The number of amides is 4. The molecule has 2 N–H and O–H groups in total. The minimum atomic E-state index is -1.04. The Morgan fingerprint density at radius 1 is 1.05 bits per heavy atom. The van der Waals surface area contributed by atoms with Crippen LogP contribution in [-0.4, -0.2) is 129 Å². The van der Waals surface area contributed by atoms with Crippen LogP contribution in [0.25, 0.3) is 33.3 Å². The Bertz CT molecular complexity index is 2500. The third-order valence-electron chi connectivity index (χ3n) is 13.9. The summed E-state index contributed by atoms with van der Waals surface area (Å²) in [5.41, 5.74) is 11.0. The van der Waals surface area contributed by atoms with Gasteiger partial charge in [0.25, 0.3) is 5.91 Å². The second-order valence-electron chi connectivity index (χ2n) is 19.9. The summed E-state index contributed by atoms with van der Waals surface area (Å²) in [4.78, 5) is 74.7. The average molecular weight is 904 g/mol. The van der Waals surface area contributed by atoms with Crippen molar-refractivity contribution in [3.8, 4) is 22.4 Å². The Morgan fingerprint density at radius 3 is 2.48 bits per heavy atom. The molecule has 0 radical (unpaired) electrons. The van der Waals surface area contributed by atoms with E-state index in [1.807, 2.05) is 43.9 Å². The van der Waals surface area contributed by atoms with Crippen molar-refractivity contribution in [2.24, 2.45) is 24.3 Å². The van der Waals surface area contributed by atoms with Gasteiger partial charge in [0, 0.05) is 74.6 Å². The van der Waals surface area contributed by atoms with E-state index in [1.54, 1.807) is 11.9 Å². The third kappa shape index (κ3) is 9.69. The number of hydrazine groups is 1. The van der Waals surface area contributed by atoms with E-state index < -0.39 is 47.2 Å². The van der Waals surface area contributed by atoms with Crippen molar-refractivity contribution in [2.75, 3.05) is 47.4 Å². The van der Waals surface area contributed by atoms with Crippen molar-refractivity contribution in [3.05, 3.63) is 78.1 Å². The summed E-state index contributed by atoms with van der Waals surface area (Å²) >= 11 is 0. The van der Waals surface area contributed by atoms with Crippen molar-refractivity contribution >= 4 is 40.5 Å². The molecule has 2 fully saturated rings. The Balaban J connectivity index is 1.29. The summed E-state index contributed by atoms with van der Waals surface area (Å²) in [7, 11) is 7.76. The molecule has 66 heavy (non-hydrogen) atoms. The molecular weight excluding hydrogens is 835 g/mol. The summed E-state index contributed by atoms with van der Waals surface area (Å²) in [6.07, 6.45) is 5.50. The zero-order valence-electron chi connectivity index (χ0n) is 40.5. The fraction of sp³-hybridized carbons (Fsp3) is 0.529. The number of nitrogens with one attached hydrogen (secondary N) is 2. The molecule has 15 heteroatoms. The molecule has 5 atom stereocenters. The van der Waals surface area contributed by atoms with Gasteiger partial charge in [-0.2, -0.15) is 5.10 Å². The van der Waals surface area contributed by atoms with Crippen molar-refractivity contribution in [3.63, 3.8) is 0 Å².